The zero-order valence-corrected chi connectivity index (χ0v) is 10.5. The maximum atomic E-state index is 12.1. The summed E-state index contributed by atoms with van der Waals surface area (Å²) in [6.07, 6.45) is 1.83. The molecule has 1 heterocycles. The van der Waals surface area contributed by atoms with Crippen LogP contribution >= 0.6 is 0 Å². The normalized spacial score (nSPS) is 10.6. The second-order valence-corrected chi connectivity index (χ2v) is 4.11. The molecule has 90 valence electrons. The molecule has 0 radical (unpaired) electrons. The zero-order valence-electron chi connectivity index (χ0n) is 10.5. The zero-order chi connectivity index (χ0) is 12.6. The number of nitrogens with zero attached hydrogens (tertiary/aromatic N) is 2. The molecule has 0 aliphatic rings. The molecule has 1 aromatic carbocycles. The fourth-order valence-electron chi connectivity index (χ4n) is 1.91. The second-order valence-electron chi connectivity index (χ2n) is 4.11. The van der Waals surface area contributed by atoms with Crippen LogP contribution in [0.3, 0.4) is 0 Å². The molecule has 4 nitrogen and oxygen atoms in total. The molecule has 2 rings (SSSR count). The van der Waals surface area contributed by atoms with Crippen molar-refractivity contribution in [3.8, 4) is 11.4 Å². The van der Waals surface area contributed by atoms with Gasteiger partial charge in [-0.2, -0.15) is 0 Å². The van der Waals surface area contributed by atoms with E-state index < -0.39 is 0 Å². The first-order valence-corrected chi connectivity index (χ1v) is 5.45. The van der Waals surface area contributed by atoms with E-state index in [-0.39, 0.29) is 5.69 Å². The average molecular weight is 232 g/mol. The number of hydrogen-bond donors (Lipinski definition) is 0. The molecule has 4 heteroatoms. The third kappa shape index (κ3) is 1.75. The molecule has 0 N–H and O–H groups in total. The van der Waals surface area contributed by atoms with Crippen molar-refractivity contribution >= 4 is 0 Å². The highest BCUT2D eigenvalue weighted by molar-refractivity contribution is 5.52. The molecule has 0 atom stereocenters. The molecule has 0 aliphatic heterocycles. The highest BCUT2D eigenvalue weighted by Gasteiger charge is 2.13. The van der Waals surface area contributed by atoms with Crippen LogP contribution in [0.25, 0.3) is 5.69 Å². The second kappa shape index (κ2) is 4.13. The van der Waals surface area contributed by atoms with Crippen LogP contribution in [0.5, 0.6) is 5.75 Å². The lowest BCUT2D eigenvalue weighted by Gasteiger charge is -2.11. The Balaban J connectivity index is 2.76. The van der Waals surface area contributed by atoms with Crippen LogP contribution in [0.15, 0.2) is 29.2 Å². The molecule has 0 amide bonds. The van der Waals surface area contributed by atoms with E-state index >= 15 is 0 Å². The molecule has 17 heavy (non-hydrogen) atoms. The molecule has 0 bridgehead atoms. The van der Waals surface area contributed by atoms with E-state index in [4.69, 9.17) is 4.74 Å². The number of ether oxygens (including phenoxy) is 1. The number of methoxy groups -OCH3 is 1. The van der Waals surface area contributed by atoms with Crippen molar-refractivity contribution in [3.63, 3.8) is 0 Å². The first kappa shape index (κ1) is 11.5. The van der Waals surface area contributed by atoms with Crippen LogP contribution in [0.4, 0.5) is 0 Å². The van der Waals surface area contributed by atoms with E-state index in [1.807, 2.05) is 38.2 Å². The Labute approximate surface area is 100 Å². The summed E-state index contributed by atoms with van der Waals surface area (Å²) < 4.78 is 8.56. The van der Waals surface area contributed by atoms with Crippen LogP contribution in [-0.2, 0) is 7.05 Å². The first-order chi connectivity index (χ1) is 8.06. The molecule has 2 aromatic rings. The van der Waals surface area contributed by atoms with Crippen molar-refractivity contribution in [2.75, 3.05) is 7.11 Å². The Morgan fingerprint density at radius 1 is 1.24 bits per heavy atom. The van der Waals surface area contributed by atoms with Gasteiger partial charge in [-0.25, -0.2) is 4.79 Å². The van der Waals surface area contributed by atoms with Gasteiger partial charge >= 0.3 is 5.69 Å². The quantitative estimate of drug-likeness (QED) is 0.791. The van der Waals surface area contributed by atoms with Crippen LogP contribution in [0.2, 0.25) is 0 Å². The van der Waals surface area contributed by atoms with Gasteiger partial charge in [-0.1, -0.05) is 12.1 Å². The van der Waals surface area contributed by atoms with Gasteiger partial charge in [0.05, 0.1) is 12.8 Å². The van der Waals surface area contributed by atoms with Crippen LogP contribution < -0.4 is 10.4 Å². The van der Waals surface area contributed by atoms with Crippen molar-refractivity contribution in [1.29, 1.82) is 0 Å². The average Bonchev–Trinajstić information content (AvgIpc) is 2.56. The molecule has 0 fully saturated rings. The maximum absolute atomic E-state index is 12.1. The fourth-order valence-corrected chi connectivity index (χ4v) is 1.91. The monoisotopic (exact) mass is 232 g/mol. The number of para-hydroxylation sites is 1. The summed E-state index contributed by atoms with van der Waals surface area (Å²) in [6, 6.07) is 5.74. The molecule has 0 saturated carbocycles. The number of aromatic nitrogens is 2. The third-order valence-corrected chi connectivity index (χ3v) is 3.00. The Bertz CT molecular complexity index is 608. The van der Waals surface area contributed by atoms with Gasteiger partial charge in [-0.3, -0.25) is 9.13 Å². The summed E-state index contributed by atoms with van der Waals surface area (Å²) in [5.41, 5.74) is 2.68. The summed E-state index contributed by atoms with van der Waals surface area (Å²) in [4.78, 5) is 12.1. The predicted molar refractivity (Wildman–Crippen MR) is 67.0 cm³/mol. The highest BCUT2D eigenvalue weighted by atomic mass is 16.5. The minimum absolute atomic E-state index is 0.0601. The van der Waals surface area contributed by atoms with Crippen LogP contribution in [0.1, 0.15) is 11.3 Å². The van der Waals surface area contributed by atoms with Gasteiger partial charge in [-0.15, -0.1) is 0 Å². The van der Waals surface area contributed by atoms with E-state index in [1.54, 1.807) is 23.3 Å². The van der Waals surface area contributed by atoms with E-state index in [0.29, 0.717) is 5.75 Å². The summed E-state index contributed by atoms with van der Waals surface area (Å²) >= 11 is 0. The Hall–Kier alpha value is -1.97. The number of aryl methyl sites for hydroxylation is 2. The maximum Gasteiger partial charge on any atom is 0.332 e. The van der Waals surface area contributed by atoms with Crippen LogP contribution in [0, 0.1) is 13.8 Å². The number of benzene rings is 1. The fraction of sp³-hybridized carbons (Fsp3) is 0.308. The van der Waals surface area contributed by atoms with Gasteiger partial charge in [0.1, 0.15) is 5.75 Å². The Morgan fingerprint density at radius 2 is 1.94 bits per heavy atom. The Kier molecular flexibility index (Phi) is 2.79. The van der Waals surface area contributed by atoms with Crippen molar-refractivity contribution in [3.05, 3.63) is 46.1 Å². The van der Waals surface area contributed by atoms with E-state index in [0.717, 1.165) is 16.9 Å². The summed E-state index contributed by atoms with van der Waals surface area (Å²) in [5.74, 6) is 0.706. The lowest BCUT2D eigenvalue weighted by molar-refractivity contribution is 0.412. The molecule has 0 spiro atoms. The lowest BCUT2D eigenvalue weighted by atomic mass is 10.2. The third-order valence-electron chi connectivity index (χ3n) is 3.00. The molecule has 0 unspecified atom stereocenters. The molecule has 1 aromatic heterocycles. The summed E-state index contributed by atoms with van der Waals surface area (Å²) in [6.45, 7) is 3.87. The number of hydrogen-bond acceptors (Lipinski definition) is 2. The SMILES string of the molecule is COc1cccc(C)c1-n1cc(C)n(C)c1=O. The molecular formula is C13H16N2O2. The van der Waals surface area contributed by atoms with Gasteiger partial charge < -0.3 is 4.74 Å². The molecular weight excluding hydrogens is 216 g/mol. The lowest BCUT2D eigenvalue weighted by Crippen LogP contribution is -2.22. The summed E-state index contributed by atoms with van der Waals surface area (Å²) in [5, 5.41) is 0. The first-order valence-electron chi connectivity index (χ1n) is 5.45. The largest absolute Gasteiger partial charge is 0.495 e. The van der Waals surface area contributed by atoms with Gasteiger partial charge in [-0.05, 0) is 25.5 Å². The van der Waals surface area contributed by atoms with Crippen molar-refractivity contribution < 1.29 is 4.74 Å². The topological polar surface area (TPSA) is 36.2 Å². The Morgan fingerprint density at radius 3 is 2.47 bits per heavy atom. The summed E-state index contributed by atoms with van der Waals surface area (Å²) in [7, 11) is 3.37. The standard InChI is InChI=1S/C13H16N2O2/c1-9-6-5-7-11(17-4)12(9)15-8-10(2)14(3)13(15)16/h5-8H,1-4H3. The number of rotatable bonds is 2. The van der Waals surface area contributed by atoms with Gasteiger partial charge in [0.2, 0.25) is 0 Å². The minimum Gasteiger partial charge on any atom is -0.495 e. The van der Waals surface area contributed by atoms with E-state index in [2.05, 4.69) is 0 Å². The predicted octanol–water partition coefficient (Wildman–Crippen LogP) is 1.80. The van der Waals surface area contributed by atoms with E-state index in [9.17, 15) is 4.79 Å². The van der Waals surface area contributed by atoms with Crippen LogP contribution in [-0.4, -0.2) is 16.2 Å². The van der Waals surface area contributed by atoms with Gasteiger partial charge in [0.25, 0.3) is 0 Å². The highest BCUT2D eigenvalue weighted by Crippen LogP contribution is 2.25. The van der Waals surface area contributed by atoms with E-state index in [1.165, 1.54) is 0 Å². The molecule has 0 aliphatic carbocycles. The van der Waals surface area contributed by atoms with Crippen molar-refractivity contribution in [2.45, 2.75) is 13.8 Å². The smallest absolute Gasteiger partial charge is 0.332 e. The minimum atomic E-state index is -0.0601. The van der Waals surface area contributed by atoms with Crippen molar-refractivity contribution in [2.24, 2.45) is 7.05 Å². The molecule has 0 saturated heterocycles. The van der Waals surface area contributed by atoms with Gasteiger partial charge in [0.15, 0.2) is 0 Å². The van der Waals surface area contributed by atoms with Crippen molar-refractivity contribution in [1.82, 2.24) is 9.13 Å². The van der Waals surface area contributed by atoms with Gasteiger partial charge in [0, 0.05) is 18.9 Å². The number of imidazole rings is 1.